The molecule has 1 saturated heterocycles. The van der Waals surface area contributed by atoms with Crippen molar-refractivity contribution in [3.8, 4) is 11.1 Å². The Balaban J connectivity index is 1.96. The minimum Gasteiger partial charge on any atom is -0.275 e. The van der Waals surface area contributed by atoms with Gasteiger partial charge >= 0.3 is 0 Å². The second kappa shape index (κ2) is 5.88. The van der Waals surface area contributed by atoms with E-state index in [2.05, 4.69) is 27.0 Å². The molecular formula is C15H17N7O2S. The minimum absolute atomic E-state index is 0.0618. The largest absolute Gasteiger partial charge is 0.275 e. The maximum Gasteiger partial charge on any atom is 0.238 e. The van der Waals surface area contributed by atoms with Crippen LogP contribution in [0.4, 0.5) is 0 Å². The number of nitrogens with two attached hydrogens (primary N) is 1. The fourth-order valence-corrected chi connectivity index (χ4v) is 3.86. The predicted molar refractivity (Wildman–Crippen MR) is 92.8 cm³/mol. The Hall–Kier alpha value is -2.34. The molecule has 130 valence electrons. The fourth-order valence-electron chi connectivity index (χ4n) is 3.06. The molecule has 1 aromatic heterocycles. The molecule has 2 aromatic carbocycles. The van der Waals surface area contributed by atoms with Crippen LogP contribution in [0.2, 0.25) is 0 Å². The molecule has 0 spiro atoms. The lowest BCUT2D eigenvalue weighted by Gasteiger charge is -2.18. The van der Waals surface area contributed by atoms with Gasteiger partial charge < -0.3 is 0 Å². The Labute approximate surface area is 144 Å². The van der Waals surface area contributed by atoms with Crippen molar-refractivity contribution in [3.05, 3.63) is 48.2 Å². The van der Waals surface area contributed by atoms with Crippen molar-refractivity contribution < 1.29 is 8.42 Å². The van der Waals surface area contributed by atoms with Crippen LogP contribution in [0.1, 0.15) is 11.7 Å². The lowest BCUT2D eigenvalue weighted by Crippen LogP contribution is -2.33. The molecule has 0 aliphatic carbocycles. The van der Waals surface area contributed by atoms with Gasteiger partial charge in [-0.25, -0.2) is 24.4 Å². The van der Waals surface area contributed by atoms with Crippen LogP contribution in [-0.2, 0) is 17.1 Å². The first-order chi connectivity index (χ1) is 11.9. The van der Waals surface area contributed by atoms with Crippen LogP contribution in [-0.4, -0.2) is 18.2 Å². The molecule has 0 atom stereocenters. The van der Waals surface area contributed by atoms with Crippen molar-refractivity contribution in [1.29, 1.82) is 0 Å². The first kappa shape index (κ1) is 16.1. The average molecular weight is 359 g/mol. The van der Waals surface area contributed by atoms with Gasteiger partial charge in [0.1, 0.15) is 6.17 Å². The molecule has 6 N–H and O–H groups in total. The molecule has 1 aliphatic rings. The van der Waals surface area contributed by atoms with E-state index in [1.165, 1.54) is 6.07 Å². The Kier molecular flexibility index (Phi) is 3.80. The Morgan fingerprint density at radius 3 is 2.64 bits per heavy atom. The predicted octanol–water partition coefficient (Wildman–Crippen LogP) is 0.00330. The van der Waals surface area contributed by atoms with Crippen molar-refractivity contribution in [2.45, 2.75) is 11.1 Å². The molecule has 0 amide bonds. The lowest BCUT2D eigenvalue weighted by atomic mass is 9.97. The fraction of sp³-hybridized carbons (Fsp3) is 0.133. The minimum atomic E-state index is -3.89. The van der Waals surface area contributed by atoms with Crippen LogP contribution in [0, 0.1) is 0 Å². The summed E-state index contributed by atoms with van der Waals surface area (Å²) < 4.78 is 25.9. The monoisotopic (exact) mass is 359 g/mol. The lowest BCUT2D eigenvalue weighted by molar-refractivity contribution is 0.540. The van der Waals surface area contributed by atoms with Gasteiger partial charge in [0.2, 0.25) is 10.0 Å². The standard InChI is InChI=1S/C15H17N7O2S/c1-22-8-10-7-9(5-6-12(10)19-22)11-3-2-4-13(25(16,23)24)14(11)15-17-20-21-18-15/h2-8,15,17-18,20-21H,1H3,(H2,16,23,24). The zero-order valence-corrected chi connectivity index (χ0v) is 14.1. The number of aryl methyl sites for hydroxylation is 1. The summed E-state index contributed by atoms with van der Waals surface area (Å²) in [5.41, 5.74) is 14.3. The molecule has 1 fully saturated rings. The van der Waals surface area contributed by atoms with E-state index < -0.39 is 16.2 Å². The number of aromatic nitrogens is 2. The summed E-state index contributed by atoms with van der Waals surface area (Å²) in [6.07, 6.45) is 1.44. The van der Waals surface area contributed by atoms with Gasteiger partial charge in [-0.2, -0.15) is 16.2 Å². The van der Waals surface area contributed by atoms with Crippen molar-refractivity contribution >= 4 is 20.9 Å². The van der Waals surface area contributed by atoms with Gasteiger partial charge in [0, 0.05) is 24.2 Å². The SMILES string of the molecule is Cn1cc2cc(-c3cccc(S(N)(=O)=O)c3C3NNNN3)ccc2n1. The second-order valence-electron chi connectivity index (χ2n) is 5.81. The van der Waals surface area contributed by atoms with Gasteiger partial charge in [-0.05, 0) is 29.3 Å². The molecule has 3 aromatic rings. The van der Waals surface area contributed by atoms with E-state index in [0.717, 1.165) is 22.0 Å². The van der Waals surface area contributed by atoms with Gasteiger partial charge in [-0.1, -0.05) is 18.2 Å². The number of hydrogen-bond donors (Lipinski definition) is 5. The van der Waals surface area contributed by atoms with E-state index >= 15 is 0 Å². The highest BCUT2D eigenvalue weighted by atomic mass is 32.2. The highest BCUT2D eigenvalue weighted by molar-refractivity contribution is 7.89. The maximum atomic E-state index is 12.1. The summed E-state index contributed by atoms with van der Waals surface area (Å²) in [5.74, 6) is 0. The summed E-state index contributed by atoms with van der Waals surface area (Å²) in [4.78, 5) is 0.0618. The van der Waals surface area contributed by atoms with Crippen LogP contribution >= 0.6 is 0 Å². The molecule has 9 nitrogen and oxygen atoms in total. The number of nitrogens with zero attached hydrogens (tertiary/aromatic N) is 2. The summed E-state index contributed by atoms with van der Waals surface area (Å²) >= 11 is 0. The van der Waals surface area contributed by atoms with Crippen LogP contribution in [0.5, 0.6) is 0 Å². The normalized spacial score (nSPS) is 15.9. The van der Waals surface area contributed by atoms with E-state index in [1.807, 2.05) is 37.5 Å². The molecule has 0 radical (unpaired) electrons. The highest BCUT2D eigenvalue weighted by Gasteiger charge is 2.26. The smallest absolute Gasteiger partial charge is 0.238 e. The Morgan fingerprint density at radius 2 is 1.92 bits per heavy atom. The van der Waals surface area contributed by atoms with Crippen molar-refractivity contribution in [2.75, 3.05) is 0 Å². The molecule has 2 heterocycles. The Morgan fingerprint density at radius 1 is 1.16 bits per heavy atom. The number of sulfonamides is 1. The average Bonchev–Trinajstić information content (AvgIpc) is 3.20. The third-order valence-corrected chi connectivity index (χ3v) is 5.06. The molecule has 0 unspecified atom stereocenters. The molecule has 0 saturated carbocycles. The van der Waals surface area contributed by atoms with Crippen molar-refractivity contribution in [2.24, 2.45) is 12.2 Å². The van der Waals surface area contributed by atoms with Crippen LogP contribution in [0.15, 0.2) is 47.5 Å². The third-order valence-electron chi connectivity index (χ3n) is 4.09. The summed E-state index contributed by atoms with van der Waals surface area (Å²) in [7, 11) is -2.03. The van der Waals surface area contributed by atoms with Crippen LogP contribution < -0.4 is 27.1 Å². The third kappa shape index (κ3) is 2.91. The zero-order valence-electron chi connectivity index (χ0n) is 13.3. The molecular weight excluding hydrogens is 342 g/mol. The van der Waals surface area contributed by atoms with Crippen molar-refractivity contribution in [3.63, 3.8) is 0 Å². The summed E-state index contributed by atoms with van der Waals surface area (Å²) in [6.45, 7) is 0. The van der Waals surface area contributed by atoms with E-state index in [9.17, 15) is 8.42 Å². The van der Waals surface area contributed by atoms with Gasteiger partial charge in [-0.15, -0.1) is 0 Å². The molecule has 1 aliphatic heterocycles. The van der Waals surface area contributed by atoms with E-state index in [0.29, 0.717) is 5.56 Å². The van der Waals surface area contributed by atoms with E-state index in [4.69, 9.17) is 5.14 Å². The number of fused-ring (bicyclic) bond motifs is 1. The molecule has 0 bridgehead atoms. The second-order valence-corrected chi connectivity index (χ2v) is 7.34. The number of rotatable bonds is 3. The Bertz CT molecular complexity index is 1050. The van der Waals surface area contributed by atoms with Crippen LogP contribution in [0.25, 0.3) is 22.0 Å². The van der Waals surface area contributed by atoms with Gasteiger partial charge in [0.15, 0.2) is 0 Å². The first-order valence-corrected chi connectivity index (χ1v) is 9.09. The van der Waals surface area contributed by atoms with Gasteiger partial charge in [0.25, 0.3) is 0 Å². The number of hydrogen-bond acceptors (Lipinski definition) is 7. The summed E-state index contributed by atoms with van der Waals surface area (Å²) in [5, 5.41) is 10.8. The highest BCUT2D eigenvalue weighted by Crippen LogP contribution is 2.33. The van der Waals surface area contributed by atoms with Gasteiger partial charge in [0.05, 0.1) is 10.4 Å². The topological polar surface area (TPSA) is 126 Å². The quantitative estimate of drug-likeness (QED) is 0.446. The van der Waals surface area contributed by atoms with Gasteiger partial charge in [-0.3, -0.25) is 4.68 Å². The molecule has 25 heavy (non-hydrogen) atoms. The molecule has 4 rings (SSSR count). The maximum absolute atomic E-state index is 12.1. The number of hydrazine groups is 3. The number of nitrogens with one attached hydrogen (secondary N) is 4. The van der Waals surface area contributed by atoms with E-state index in [-0.39, 0.29) is 4.90 Å². The first-order valence-electron chi connectivity index (χ1n) is 7.54. The van der Waals surface area contributed by atoms with Crippen LogP contribution in [0.3, 0.4) is 0 Å². The number of benzene rings is 2. The van der Waals surface area contributed by atoms with Crippen molar-refractivity contribution in [1.82, 2.24) is 31.7 Å². The number of primary sulfonamides is 1. The summed E-state index contributed by atoms with van der Waals surface area (Å²) in [6, 6.07) is 10.8. The molecule has 10 heteroatoms. The zero-order chi connectivity index (χ0) is 17.6. The van der Waals surface area contributed by atoms with E-state index in [1.54, 1.807) is 10.7 Å².